The fourth-order valence-corrected chi connectivity index (χ4v) is 4.13. The SMILES string of the molecule is Cc1nc2c(cc1Br)CCN2S(=O)(=O)c1ccccc1. The van der Waals surface area contributed by atoms with Crippen molar-refractivity contribution in [2.45, 2.75) is 18.2 Å². The van der Waals surface area contributed by atoms with Gasteiger partial charge in [0.15, 0.2) is 0 Å². The topological polar surface area (TPSA) is 50.3 Å². The summed E-state index contributed by atoms with van der Waals surface area (Å²) < 4.78 is 27.6. The van der Waals surface area contributed by atoms with Crippen molar-refractivity contribution in [3.63, 3.8) is 0 Å². The number of hydrogen-bond donors (Lipinski definition) is 0. The molecule has 4 nitrogen and oxygen atoms in total. The Morgan fingerprint density at radius 3 is 2.65 bits per heavy atom. The fourth-order valence-electron chi connectivity index (χ4n) is 2.29. The Kier molecular flexibility index (Phi) is 3.30. The molecule has 6 heteroatoms. The van der Waals surface area contributed by atoms with Gasteiger partial charge < -0.3 is 0 Å². The lowest BCUT2D eigenvalue weighted by Gasteiger charge is -2.19. The molecule has 3 rings (SSSR count). The summed E-state index contributed by atoms with van der Waals surface area (Å²) in [7, 11) is -3.53. The van der Waals surface area contributed by atoms with Crippen LogP contribution in [-0.4, -0.2) is 19.9 Å². The van der Waals surface area contributed by atoms with E-state index in [1.54, 1.807) is 30.3 Å². The van der Waals surface area contributed by atoms with E-state index in [0.717, 1.165) is 15.7 Å². The van der Waals surface area contributed by atoms with Gasteiger partial charge in [-0.15, -0.1) is 0 Å². The molecule has 0 unspecified atom stereocenters. The summed E-state index contributed by atoms with van der Waals surface area (Å²) >= 11 is 3.43. The minimum absolute atomic E-state index is 0.301. The van der Waals surface area contributed by atoms with Crippen LogP contribution in [0.1, 0.15) is 11.3 Å². The number of halogens is 1. The number of aryl methyl sites for hydroxylation is 1. The van der Waals surface area contributed by atoms with Gasteiger partial charge in [0, 0.05) is 11.0 Å². The maximum absolute atomic E-state index is 12.7. The van der Waals surface area contributed by atoms with Crippen LogP contribution >= 0.6 is 15.9 Å². The van der Waals surface area contributed by atoms with Crippen LogP contribution in [-0.2, 0) is 16.4 Å². The lowest BCUT2D eigenvalue weighted by Crippen LogP contribution is -2.29. The van der Waals surface area contributed by atoms with Gasteiger partial charge in [-0.1, -0.05) is 18.2 Å². The van der Waals surface area contributed by atoms with E-state index in [2.05, 4.69) is 20.9 Å². The number of rotatable bonds is 2. The molecule has 20 heavy (non-hydrogen) atoms. The highest BCUT2D eigenvalue weighted by molar-refractivity contribution is 9.10. The molecule has 0 saturated carbocycles. The largest absolute Gasteiger partial charge is 0.265 e. The Hall–Kier alpha value is -1.40. The summed E-state index contributed by atoms with van der Waals surface area (Å²) in [5.74, 6) is 0.551. The highest BCUT2D eigenvalue weighted by Crippen LogP contribution is 2.33. The van der Waals surface area contributed by atoms with E-state index in [1.165, 1.54) is 4.31 Å². The summed E-state index contributed by atoms with van der Waals surface area (Å²) in [4.78, 5) is 4.73. The molecule has 0 amide bonds. The second kappa shape index (κ2) is 4.86. The number of pyridine rings is 1. The van der Waals surface area contributed by atoms with Crippen molar-refractivity contribution >= 4 is 31.8 Å². The Balaban J connectivity index is 2.10. The predicted octanol–water partition coefficient (Wildman–Crippen LogP) is 2.90. The molecule has 0 fully saturated rings. The third kappa shape index (κ3) is 2.13. The Morgan fingerprint density at radius 1 is 1.25 bits per heavy atom. The van der Waals surface area contributed by atoms with Crippen LogP contribution in [0.2, 0.25) is 0 Å². The molecule has 104 valence electrons. The first-order valence-corrected chi connectivity index (χ1v) is 8.47. The summed E-state index contributed by atoms with van der Waals surface area (Å²) in [6.07, 6.45) is 0.688. The second-order valence-corrected chi connectivity index (χ2v) is 7.40. The average Bonchev–Trinajstić information content (AvgIpc) is 2.84. The van der Waals surface area contributed by atoms with E-state index in [1.807, 2.05) is 13.0 Å². The predicted molar refractivity (Wildman–Crippen MR) is 81.4 cm³/mol. The zero-order valence-corrected chi connectivity index (χ0v) is 13.3. The van der Waals surface area contributed by atoms with Crippen molar-refractivity contribution < 1.29 is 8.42 Å². The second-order valence-electron chi connectivity index (χ2n) is 4.68. The van der Waals surface area contributed by atoms with Crippen molar-refractivity contribution in [3.8, 4) is 0 Å². The van der Waals surface area contributed by atoms with Gasteiger partial charge in [0.25, 0.3) is 10.0 Å². The van der Waals surface area contributed by atoms with Gasteiger partial charge >= 0.3 is 0 Å². The number of sulfonamides is 1. The van der Waals surface area contributed by atoms with E-state index in [9.17, 15) is 8.42 Å². The molecule has 0 radical (unpaired) electrons. The zero-order chi connectivity index (χ0) is 14.3. The van der Waals surface area contributed by atoms with Crippen molar-refractivity contribution in [1.82, 2.24) is 4.98 Å². The monoisotopic (exact) mass is 352 g/mol. The molecule has 0 saturated heterocycles. The summed E-state index contributed by atoms with van der Waals surface area (Å²) in [5, 5.41) is 0. The third-order valence-corrected chi connectivity index (χ3v) is 5.97. The molecule has 1 aliphatic heterocycles. The van der Waals surface area contributed by atoms with Gasteiger partial charge in [0.1, 0.15) is 5.82 Å². The van der Waals surface area contributed by atoms with Crippen LogP contribution in [0.4, 0.5) is 5.82 Å². The number of aromatic nitrogens is 1. The van der Waals surface area contributed by atoms with Gasteiger partial charge in [-0.2, -0.15) is 0 Å². The quantitative estimate of drug-likeness (QED) is 0.834. The van der Waals surface area contributed by atoms with Crippen molar-refractivity contribution in [1.29, 1.82) is 0 Å². The lowest BCUT2D eigenvalue weighted by atomic mass is 10.2. The standard InChI is InChI=1S/C14H13BrN2O2S/c1-10-13(15)9-11-7-8-17(14(11)16-10)20(18,19)12-5-3-2-4-6-12/h2-6,9H,7-8H2,1H3. The maximum Gasteiger partial charge on any atom is 0.265 e. The molecule has 1 aromatic heterocycles. The first kappa shape index (κ1) is 13.6. The third-order valence-electron chi connectivity index (χ3n) is 3.36. The molecule has 0 aliphatic carbocycles. The summed E-state index contributed by atoms with van der Waals surface area (Å²) in [6.45, 7) is 2.30. The minimum atomic E-state index is -3.53. The van der Waals surface area contributed by atoms with Crippen LogP contribution in [0.15, 0.2) is 45.8 Å². The van der Waals surface area contributed by atoms with Gasteiger partial charge in [-0.3, -0.25) is 0 Å². The highest BCUT2D eigenvalue weighted by Gasteiger charge is 2.32. The van der Waals surface area contributed by atoms with E-state index in [-0.39, 0.29) is 0 Å². The molecular formula is C14H13BrN2O2S. The summed E-state index contributed by atoms with van der Waals surface area (Å²) in [6, 6.07) is 10.4. The minimum Gasteiger partial charge on any atom is -0.249 e. The molecule has 2 heterocycles. The van der Waals surface area contributed by atoms with Crippen molar-refractivity contribution in [3.05, 3.63) is 52.1 Å². The van der Waals surface area contributed by atoms with E-state index in [4.69, 9.17) is 0 Å². The van der Waals surface area contributed by atoms with Gasteiger partial charge in [0.05, 0.1) is 10.6 Å². The Morgan fingerprint density at radius 2 is 1.95 bits per heavy atom. The van der Waals surface area contributed by atoms with Crippen molar-refractivity contribution in [2.75, 3.05) is 10.8 Å². The maximum atomic E-state index is 12.7. The highest BCUT2D eigenvalue weighted by atomic mass is 79.9. The summed E-state index contributed by atoms with van der Waals surface area (Å²) in [5.41, 5.74) is 1.75. The molecule has 0 bridgehead atoms. The molecule has 0 spiro atoms. The Bertz CT molecular complexity index is 760. The van der Waals surface area contributed by atoms with Crippen LogP contribution < -0.4 is 4.31 Å². The van der Waals surface area contributed by atoms with Gasteiger partial charge in [-0.05, 0) is 53.0 Å². The van der Waals surface area contributed by atoms with Crippen LogP contribution in [0.25, 0.3) is 0 Å². The molecule has 0 atom stereocenters. The number of anilines is 1. The molecular weight excluding hydrogens is 340 g/mol. The normalized spacial score (nSPS) is 14.4. The zero-order valence-electron chi connectivity index (χ0n) is 10.9. The number of nitrogens with zero attached hydrogens (tertiary/aromatic N) is 2. The van der Waals surface area contributed by atoms with Crippen LogP contribution in [0.3, 0.4) is 0 Å². The number of benzene rings is 1. The van der Waals surface area contributed by atoms with E-state index >= 15 is 0 Å². The number of hydrogen-bond acceptors (Lipinski definition) is 3. The molecule has 1 aromatic carbocycles. The molecule has 1 aliphatic rings. The van der Waals surface area contributed by atoms with Gasteiger partial charge in [0.2, 0.25) is 0 Å². The lowest BCUT2D eigenvalue weighted by molar-refractivity contribution is 0.592. The average molecular weight is 353 g/mol. The molecule has 2 aromatic rings. The fraction of sp³-hybridized carbons (Fsp3) is 0.214. The smallest absolute Gasteiger partial charge is 0.249 e. The Labute approximate surface area is 126 Å². The van der Waals surface area contributed by atoms with Gasteiger partial charge in [-0.25, -0.2) is 17.7 Å². The number of fused-ring (bicyclic) bond motifs is 1. The molecule has 0 N–H and O–H groups in total. The van der Waals surface area contributed by atoms with Crippen molar-refractivity contribution in [2.24, 2.45) is 0 Å². The van der Waals surface area contributed by atoms with E-state index in [0.29, 0.717) is 23.7 Å². The van der Waals surface area contributed by atoms with Crippen LogP contribution in [0, 0.1) is 6.92 Å². The first-order valence-electron chi connectivity index (χ1n) is 6.24. The van der Waals surface area contributed by atoms with Crippen LogP contribution in [0.5, 0.6) is 0 Å². The van der Waals surface area contributed by atoms with E-state index < -0.39 is 10.0 Å². The first-order chi connectivity index (χ1) is 9.50.